The van der Waals surface area contributed by atoms with Crippen LogP contribution in [0.1, 0.15) is 24.0 Å². The first-order valence-corrected chi connectivity index (χ1v) is 8.65. The number of hydrogen-bond donors (Lipinski definition) is 2. The molecule has 2 nitrogen and oxygen atoms in total. The molecule has 122 valence electrons. The fraction of sp³-hybridized carbons (Fsp3) is 0.400. The lowest BCUT2D eigenvalue weighted by Gasteiger charge is -2.32. The van der Waals surface area contributed by atoms with Crippen molar-refractivity contribution in [1.29, 1.82) is 0 Å². The van der Waals surface area contributed by atoms with Gasteiger partial charge in [0.15, 0.2) is 0 Å². The van der Waals surface area contributed by atoms with Gasteiger partial charge in [-0.2, -0.15) is 0 Å². The molecule has 0 aromatic heterocycles. The van der Waals surface area contributed by atoms with Crippen molar-refractivity contribution in [3.8, 4) is 0 Å². The maximum atomic E-state index is 13.8. The van der Waals surface area contributed by atoms with E-state index in [-0.39, 0.29) is 5.82 Å². The van der Waals surface area contributed by atoms with Crippen molar-refractivity contribution in [2.75, 3.05) is 20.1 Å². The minimum Gasteiger partial charge on any atom is -0.331 e. The van der Waals surface area contributed by atoms with Crippen LogP contribution in [0.4, 0.5) is 4.39 Å². The van der Waals surface area contributed by atoms with Crippen molar-refractivity contribution >= 4 is 0 Å². The first-order valence-electron chi connectivity index (χ1n) is 8.65. The van der Waals surface area contributed by atoms with Gasteiger partial charge in [-0.25, -0.2) is 4.39 Å². The third-order valence-electron chi connectivity index (χ3n) is 5.11. The number of nitrogens with one attached hydrogen (secondary N) is 2. The van der Waals surface area contributed by atoms with Crippen molar-refractivity contribution in [2.45, 2.75) is 32.0 Å². The predicted molar refractivity (Wildman–Crippen MR) is 90.9 cm³/mol. The summed E-state index contributed by atoms with van der Waals surface area (Å²) in [5, 5.41) is 0. The number of rotatable bonds is 5. The van der Waals surface area contributed by atoms with Crippen LogP contribution >= 0.6 is 0 Å². The van der Waals surface area contributed by atoms with Crippen molar-refractivity contribution < 1.29 is 14.2 Å². The number of likely N-dealkylation sites (tertiary alicyclic amines) is 1. The van der Waals surface area contributed by atoms with E-state index in [4.69, 9.17) is 0 Å². The lowest BCUT2D eigenvalue weighted by atomic mass is 10.0. The van der Waals surface area contributed by atoms with E-state index in [1.54, 1.807) is 17.0 Å². The van der Waals surface area contributed by atoms with E-state index in [0.29, 0.717) is 0 Å². The molecule has 2 aromatic rings. The minimum absolute atomic E-state index is 0.0612. The molecule has 0 radical (unpaired) electrons. The second-order valence-electron chi connectivity index (χ2n) is 6.80. The van der Waals surface area contributed by atoms with Crippen LogP contribution in [0.15, 0.2) is 54.6 Å². The number of piperidine rings is 1. The summed E-state index contributed by atoms with van der Waals surface area (Å²) in [6.07, 6.45) is 2.45. The predicted octanol–water partition coefficient (Wildman–Crippen LogP) is 1.09. The van der Waals surface area contributed by atoms with Gasteiger partial charge in [-0.15, -0.1) is 0 Å². The quantitative estimate of drug-likeness (QED) is 0.817. The van der Waals surface area contributed by atoms with Crippen LogP contribution in [0.25, 0.3) is 0 Å². The third kappa shape index (κ3) is 4.40. The van der Waals surface area contributed by atoms with Gasteiger partial charge in [0.2, 0.25) is 0 Å². The number of benzene rings is 2. The van der Waals surface area contributed by atoms with Gasteiger partial charge in [0.25, 0.3) is 0 Å². The number of hydrogen-bond acceptors (Lipinski definition) is 0. The largest absolute Gasteiger partial charge is 0.331 e. The van der Waals surface area contributed by atoms with Crippen molar-refractivity contribution in [2.24, 2.45) is 0 Å². The molecule has 1 heterocycles. The lowest BCUT2D eigenvalue weighted by molar-refractivity contribution is -0.960. The Morgan fingerprint density at radius 2 is 1.65 bits per heavy atom. The third-order valence-corrected chi connectivity index (χ3v) is 5.11. The highest BCUT2D eigenvalue weighted by Crippen LogP contribution is 2.05. The molecule has 1 atom stereocenters. The first kappa shape index (κ1) is 16.2. The highest BCUT2D eigenvalue weighted by atomic mass is 19.1. The summed E-state index contributed by atoms with van der Waals surface area (Å²) in [5.41, 5.74) is 2.26. The fourth-order valence-electron chi connectivity index (χ4n) is 3.67. The van der Waals surface area contributed by atoms with E-state index >= 15 is 0 Å². The number of quaternary nitrogens is 2. The molecule has 1 unspecified atom stereocenters. The van der Waals surface area contributed by atoms with Gasteiger partial charge in [0.05, 0.1) is 26.2 Å². The van der Waals surface area contributed by atoms with Crippen molar-refractivity contribution in [3.63, 3.8) is 0 Å². The summed E-state index contributed by atoms with van der Waals surface area (Å²) < 4.78 is 13.8. The molecule has 2 aromatic carbocycles. The van der Waals surface area contributed by atoms with Gasteiger partial charge < -0.3 is 9.80 Å². The van der Waals surface area contributed by atoms with Crippen LogP contribution in [-0.2, 0) is 13.1 Å². The van der Waals surface area contributed by atoms with Crippen LogP contribution in [0.3, 0.4) is 0 Å². The highest BCUT2D eigenvalue weighted by Gasteiger charge is 2.28. The smallest absolute Gasteiger partial charge is 0.132 e. The maximum Gasteiger partial charge on any atom is 0.132 e. The zero-order chi connectivity index (χ0) is 16.1. The minimum atomic E-state index is -0.0612. The zero-order valence-electron chi connectivity index (χ0n) is 13.9. The van der Waals surface area contributed by atoms with Gasteiger partial charge in [0.1, 0.15) is 18.9 Å². The summed E-state index contributed by atoms with van der Waals surface area (Å²) in [5.74, 6) is -0.0612. The Balaban J connectivity index is 1.49. The molecule has 0 saturated carbocycles. The fourth-order valence-corrected chi connectivity index (χ4v) is 3.67. The molecule has 0 amide bonds. The summed E-state index contributed by atoms with van der Waals surface area (Å²) in [6.45, 7) is 4.20. The van der Waals surface area contributed by atoms with Gasteiger partial charge >= 0.3 is 0 Å². The van der Waals surface area contributed by atoms with Crippen molar-refractivity contribution in [1.82, 2.24) is 0 Å². The molecule has 3 heteroatoms. The molecule has 0 bridgehead atoms. The molecular formula is C20H27FN2+2. The summed E-state index contributed by atoms with van der Waals surface area (Å²) in [7, 11) is 2.31. The maximum absolute atomic E-state index is 13.8. The average molecular weight is 314 g/mol. The average Bonchev–Trinajstić information content (AvgIpc) is 2.58. The lowest BCUT2D eigenvalue weighted by Crippen LogP contribution is -3.18. The standard InChI is InChI=1S/C20H25FN2/c1-22(15-17-7-3-2-4-8-17)19-11-13-23(14-12-19)16-18-9-5-6-10-20(18)21/h2-10,19H,11-16H2,1H3/p+2. The molecule has 23 heavy (non-hydrogen) atoms. The Bertz CT molecular complexity index is 606. The Hall–Kier alpha value is -1.71. The monoisotopic (exact) mass is 314 g/mol. The highest BCUT2D eigenvalue weighted by molar-refractivity contribution is 5.16. The van der Waals surface area contributed by atoms with E-state index in [9.17, 15) is 4.39 Å². The topological polar surface area (TPSA) is 8.88 Å². The molecule has 1 aliphatic heterocycles. The van der Waals surface area contributed by atoms with E-state index in [0.717, 1.165) is 37.8 Å². The van der Waals surface area contributed by atoms with Gasteiger partial charge in [-0.3, -0.25) is 0 Å². The van der Waals surface area contributed by atoms with Crippen LogP contribution < -0.4 is 9.80 Å². The molecular weight excluding hydrogens is 287 g/mol. The molecule has 0 aliphatic carbocycles. The Morgan fingerprint density at radius 1 is 1.00 bits per heavy atom. The summed E-state index contributed by atoms with van der Waals surface area (Å²) >= 11 is 0. The molecule has 2 N–H and O–H groups in total. The molecule has 1 fully saturated rings. The molecule has 0 spiro atoms. The van der Waals surface area contributed by atoms with E-state index in [2.05, 4.69) is 37.4 Å². The normalized spacial score (nSPS) is 22.7. The van der Waals surface area contributed by atoms with E-state index < -0.39 is 0 Å². The molecule has 3 rings (SSSR count). The van der Waals surface area contributed by atoms with E-state index in [1.807, 2.05) is 12.1 Å². The van der Waals surface area contributed by atoms with Crippen molar-refractivity contribution in [3.05, 3.63) is 71.5 Å². The SMILES string of the molecule is C[NH+](Cc1ccccc1)C1CC[NH+](Cc2ccccc2F)CC1. The van der Waals surface area contributed by atoms with Crippen LogP contribution in [0.2, 0.25) is 0 Å². The van der Waals surface area contributed by atoms with Crippen LogP contribution in [0.5, 0.6) is 0 Å². The molecule has 1 saturated heterocycles. The first-order chi connectivity index (χ1) is 11.2. The van der Waals surface area contributed by atoms with Gasteiger partial charge in [-0.05, 0) is 6.07 Å². The Morgan fingerprint density at radius 3 is 2.35 bits per heavy atom. The van der Waals surface area contributed by atoms with Gasteiger partial charge in [-0.1, -0.05) is 48.5 Å². The zero-order valence-corrected chi connectivity index (χ0v) is 13.9. The molecule has 1 aliphatic rings. The van der Waals surface area contributed by atoms with Gasteiger partial charge in [0, 0.05) is 24.0 Å². The summed E-state index contributed by atoms with van der Waals surface area (Å²) in [4.78, 5) is 3.11. The van der Waals surface area contributed by atoms with Crippen LogP contribution in [-0.4, -0.2) is 26.2 Å². The Labute approximate surface area is 138 Å². The number of halogens is 1. The van der Waals surface area contributed by atoms with Crippen LogP contribution in [0, 0.1) is 5.82 Å². The second-order valence-corrected chi connectivity index (χ2v) is 6.80. The second kappa shape index (κ2) is 7.71. The Kier molecular flexibility index (Phi) is 5.42. The van der Waals surface area contributed by atoms with E-state index in [1.165, 1.54) is 23.3 Å². The summed E-state index contributed by atoms with van der Waals surface area (Å²) in [6, 6.07) is 18.6.